The Morgan fingerprint density at radius 1 is 0.893 bits per heavy atom. The van der Waals surface area contributed by atoms with Crippen LogP contribution < -0.4 is 10.0 Å². The summed E-state index contributed by atoms with van der Waals surface area (Å²) in [4.78, 5) is 12.5. The van der Waals surface area contributed by atoms with Gasteiger partial charge in [-0.1, -0.05) is 23.7 Å². The van der Waals surface area contributed by atoms with Crippen LogP contribution in [-0.4, -0.2) is 14.3 Å². The first-order valence-electron chi connectivity index (χ1n) is 8.52. The lowest BCUT2D eigenvalue weighted by molar-refractivity contribution is 0.102. The second kappa shape index (κ2) is 8.04. The lowest BCUT2D eigenvalue weighted by Crippen LogP contribution is -2.15. The molecule has 0 radical (unpaired) electrons. The molecule has 0 aliphatic rings. The third-order valence-corrected chi connectivity index (χ3v) is 6.03. The average molecular weight is 415 g/mol. The molecule has 144 valence electrons. The van der Waals surface area contributed by atoms with E-state index < -0.39 is 10.0 Å². The standard InChI is InChI=1S/C21H19ClN2O3S/c1-14-4-3-5-20(15(14)2)23-21(25)16-6-12-19(13-7-16)28(26,27)24-18-10-8-17(22)9-11-18/h3-13,24H,1-2H3,(H,23,25). The first-order valence-corrected chi connectivity index (χ1v) is 10.4. The molecule has 0 bridgehead atoms. The van der Waals surface area contributed by atoms with Crippen LogP contribution in [0.2, 0.25) is 5.02 Å². The van der Waals surface area contributed by atoms with Gasteiger partial charge in [0.1, 0.15) is 0 Å². The average Bonchev–Trinajstić information content (AvgIpc) is 2.67. The van der Waals surface area contributed by atoms with Crippen LogP contribution in [-0.2, 0) is 10.0 Å². The zero-order valence-electron chi connectivity index (χ0n) is 15.4. The van der Waals surface area contributed by atoms with Gasteiger partial charge in [-0.15, -0.1) is 0 Å². The van der Waals surface area contributed by atoms with Crippen molar-refractivity contribution in [3.8, 4) is 0 Å². The van der Waals surface area contributed by atoms with Crippen LogP contribution in [0.4, 0.5) is 11.4 Å². The maximum Gasteiger partial charge on any atom is 0.261 e. The second-order valence-electron chi connectivity index (χ2n) is 6.34. The summed E-state index contributed by atoms with van der Waals surface area (Å²) < 4.78 is 27.5. The third-order valence-electron chi connectivity index (χ3n) is 4.38. The van der Waals surface area contributed by atoms with E-state index in [0.29, 0.717) is 16.3 Å². The predicted molar refractivity (Wildman–Crippen MR) is 113 cm³/mol. The number of anilines is 2. The number of nitrogens with one attached hydrogen (secondary N) is 2. The molecule has 0 aliphatic heterocycles. The van der Waals surface area contributed by atoms with Crippen molar-refractivity contribution in [3.05, 3.63) is 88.4 Å². The van der Waals surface area contributed by atoms with E-state index in [-0.39, 0.29) is 10.8 Å². The molecule has 7 heteroatoms. The third kappa shape index (κ3) is 4.52. The van der Waals surface area contributed by atoms with E-state index in [0.717, 1.165) is 16.8 Å². The van der Waals surface area contributed by atoms with Crippen molar-refractivity contribution in [1.29, 1.82) is 0 Å². The number of benzene rings is 3. The molecule has 0 saturated heterocycles. The highest BCUT2D eigenvalue weighted by molar-refractivity contribution is 7.92. The Bertz CT molecular complexity index is 1110. The Labute approximate surface area is 169 Å². The molecule has 0 heterocycles. The van der Waals surface area contributed by atoms with Crippen molar-refractivity contribution in [1.82, 2.24) is 0 Å². The summed E-state index contributed by atoms with van der Waals surface area (Å²) in [6, 6.07) is 17.8. The minimum absolute atomic E-state index is 0.0609. The molecule has 1 amide bonds. The number of carbonyl (C=O) groups is 1. The highest BCUT2D eigenvalue weighted by Crippen LogP contribution is 2.21. The van der Waals surface area contributed by atoms with Gasteiger partial charge < -0.3 is 5.32 Å². The van der Waals surface area contributed by atoms with Gasteiger partial charge in [0.05, 0.1) is 4.90 Å². The van der Waals surface area contributed by atoms with E-state index in [4.69, 9.17) is 11.6 Å². The van der Waals surface area contributed by atoms with Gasteiger partial charge in [0.25, 0.3) is 15.9 Å². The van der Waals surface area contributed by atoms with Crippen LogP contribution in [0.5, 0.6) is 0 Å². The maximum absolute atomic E-state index is 12.5. The summed E-state index contributed by atoms with van der Waals surface area (Å²) in [6.07, 6.45) is 0. The van der Waals surface area contributed by atoms with E-state index in [1.165, 1.54) is 24.3 Å². The van der Waals surface area contributed by atoms with E-state index in [2.05, 4.69) is 10.0 Å². The number of hydrogen-bond acceptors (Lipinski definition) is 3. The highest BCUT2D eigenvalue weighted by atomic mass is 35.5. The molecule has 2 N–H and O–H groups in total. The van der Waals surface area contributed by atoms with Crippen LogP contribution in [0.25, 0.3) is 0 Å². The SMILES string of the molecule is Cc1cccc(NC(=O)c2ccc(S(=O)(=O)Nc3ccc(Cl)cc3)cc2)c1C. The zero-order chi connectivity index (χ0) is 20.3. The Morgan fingerprint density at radius 2 is 1.54 bits per heavy atom. The fourth-order valence-electron chi connectivity index (χ4n) is 2.60. The summed E-state index contributed by atoms with van der Waals surface area (Å²) in [5.74, 6) is -0.302. The first-order chi connectivity index (χ1) is 13.3. The monoisotopic (exact) mass is 414 g/mol. The zero-order valence-corrected chi connectivity index (χ0v) is 16.9. The van der Waals surface area contributed by atoms with Crippen molar-refractivity contribution >= 4 is 38.9 Å². The number of amides is 1. The van der Waals surface area contributed by atoms with Crippen LogP contribution in [0, 0.1) is 13.8 Å². The van der Waals surface area contributed by atoms with E-state index in [9.17, 15) is 13.2 Å². The molecule has 0 fully saturated rings. The Balaban J connectivity index is 1.76. The number of hydrogen-bond donors (Lipinski definition) is 2. The molecule has 0 spiro atoms. The fraction of sp³-hybridized carbons (Fsp3) is 0.0952. The molecule has 0 unspecified atom stereocenters. The van der Waals surface area contributed by atoms with Crippen molar-refractivity contribution < 1.29 is 13.2 Å². The largest absolute Gasteiger partial charge is 0.322 e. The van der Waals surface area contributed by atoms with Crippen LogP contribution in [0.3, 0.4) is 0 Å². The van der Waals surface area contributed by atoms with Gasteiger partial charge in [-0.25, -0.2) is 8.42 Å². The number of carbonyl (C=O) groups excluding carboxylic acids is 1. The van der Waals surface area contributed by atoms with Crippen molar-refractivity contribution in [3.63, 3.8) is 0 Å². The van der Waals surface area contributed by atoms with Gasteiger partial charge in [-0.3, -0.25) is 9.52 Å². The predicted octanol–water partition coefficient (Wildman–Crippen LogP) is 5.01. The quantitative estimate of drug-likeness (QED) is 0.616. The molecule has 28 heavy (non-hydrogen) atoms. The molecular formula is C21H19ClN2O3S. The van der Waals surface area contributed by atoms with Crippen LogP contribution in [0.1, 0.15) is 21.5 Å². The molecule has 3 rings (SSSR count). The Morgan fingerprint density at radius 3 is 2.18 bits per heavy atom. The number of halogens is 1. The number of rotatable bonds is 5. The first kappa shape index (κ1) is 19.9. The van der Waals surface area contributed by atoms with Crippen LogP contribution >= 0.6 is 11.6 Å². The minimum atomic E-state index is -3.76. The smallest absolute Gasteiger partial charge is 0.261 e. The van der Waals surface area contributed by atoms with E-state index >= 15 is 0 Å². The topological polar surface area (TPSA) is 75.3 Å². The number of sulfonamides is 1. The summed E-state index contributed by atoms with van der Waals surface area (Å²) in [6.45, 7) is 3.90. The molecule has 5 nitrogen and oxygen atoms in total. The number of aryl methyl sites for hydroxylation is 1. The van der Waals surface area contributed by atoms with Crippen molar-refractivity contribution in [2.45, 2.75) is 18.7 Å². The van der Waals surface area contributed by atoms with Crippen LogP contribution in [0.15, 0.2) is 71.6 Å². The Kier molecular flexibility index (Phi) is 5.72. The molecular weight excluding hydrogens is 396 g/mol. The fourth-order valence-corrected chi connectivity index (χ4v) is 3.78. The van der Waals surface area contributed by atoms with Crippen molar-refractivity contribution in [2.24, 2.45) is 0 Å². The van der Waals surface area contributed by atoms with E-state index in [1.54, 1.807) is 24.3 Å². The van der Waals surface area contributed by atoms with Gasteiger partial charge in [-0.05, 0) is 79.6 Å². The molecule has 0 aliphatic carbocycles. The lowest BCUT2D eigenvalue weighted by Gasteiger charge is -2.11. The van der Waals surface area contributed by atoms with Gasteiger partial charge >= 0.3 is 0 Å². The normalized spacial score (nSPS) is 11.1. The summed E-state index contributed by atoms with van der Waals surface area (Å²) in [5.41, 5.74) is 3.56. The Hall–Kier alpha value is -2.83. The summed E-state index contributed by atoms with van der Waals surface area (Å²) in [5, 5.41) is 3.37. The molecule has 3 aromatic rings. The van der Waals surface area contributed by atoms with Gasteiger partial charge in [0, 0.05) is 22.0 Å². The van der Waals surface area contributed by atoms with Gasteiger partial charge in [0.2, 0.25) is 0 Å². The molecule has 0 aromatic heterocycles. The summed E-state index contributed by atoms with van der Waals surface area (Å²) in [7, 11) is -3.76. The highest BCUT2D eigenvalue weighted by Gasteiger charge is 2.16. The van der Waals surface area contributed by atoms with Crippen molar-refractivity contribution in [2.75, 3.05) is 10.0 Å². The van der Waals surface area contributed by atoms with Gasteiger partial charge in [-0.2, -0.15) is 0 Å². The lowest BCUT2D eigenvalue weighted by atomic mass is 10.1. The molecule has 0 saturated carbocycles. The van der Waals surface area contributed by atoms with Gasteiger partial charge in [0.15, 0.2) is 0 Å². The molecule has 3 aromatic carbocycles. The maximum atomic E-state index is 12.5. The summed E-state index contributed by atoms with van der Waals surface area (Å²) >= 11 is 5.81. The minimum Gasteiger partial charge on any atom is -0.322 e. The molecule has 0 atom stereocenters. The second-order valence-corrected chi connectivity index (χ2v) is 8.46. The van der Waals surface area contributed by atoms with E-state index in [1.807, 2.05) is 32.0 Å².